The minimum absolute atomic E-state index is 0.0137. The van der Waals surface area contributed by atoms with Crippen LogP contribution in [0.4, 0.5) is 5.69 Å². The summed E-state index contributed by atoms with van der Waals surface area (Å²) in [6, 6.07) is 6.81. The predicted octanol–water partition coefficient (Wildman–Crippen LogP) is 2.19. The maximum Gasteiger partial charge on any atom is 0.338 e. The van der Waals surface area contributed by atoms with Gasteiger partial charge in [0.2, 0.25) is 5.91 Å². The van der Waals surface area contributed by atoms with Crippen LogP contribution in [0.5, 0.6) is 0 Å². The number of hydrogen-bond acceptors (Lipinski definition) is 4. The lowest BCUT2D eigenvalue weighted by Gasteiger charge is -2.26. The monoisotopic (exact) mass is 290 g/mol. The molecule has 0 aliphatic carbocycles. The molecule has 114 valence electrons. The van der Waals surface area contributed by atoms with Crippen molar-refractivity contribution in [2.24, 2.45) is 5.92 Å². The van der Waals surface area contributed by atoms with Gasteiger partial charge in [0.15, 0.2) is 0 Å². The van der Waals surface area contributed by atoms with Gasteiger partial charge in [0.1, 0.15) is 0 Å². The van der Waals surface area contributed by atoms with Gasteiger partial charge in [-0.1, -0.05) is 13.3 Å². The largest absolute Gasteiger partial charge is 0.462 e. The van der Waals surface area contributed by atoms with E-state index >= 15 is 0 Å². The normalized spacial score (nSPS) is 14.3. The average molecular weight is 290 g/mol. The lowest BCUT2D eigenvalue weighted by Crippen LogP contribution is -2.43. The molecule has 1 aromatic rings. The number of ether oxygens (including phenoxy) is 1. The molecule has 0 spiro atoms. The van der Waals surface area contributed by atoms with Crippen LogP contribution in [0.15, 0.2) is 24.3 Å². The first-order valence-electron chi connectivity index (χ1n) is 7.46. The molecule has 1 amide bonds. The van der Waals surface area contributed by atoms with Crippen LogP contribution in [0.2, 0.25) is 0 Å². The van der Waals surface area contributed by atoms with Gasteiger partial charge in [-0.25, -0.2) is 4.79 Å². The van der Waals surface area contributed by atoms with E-state index < -0.39 is 0 Å². The number of rotatable bonds is 7. The van der Waals surface area contributed by atoms with Gasteiger partial charge >= 0.3 is 5.97 Å². The van der Waals surface area contributed by atoms with Crippen LogP contribution in [0, 0.1) is 5.92 Å². The van der Waals surface area contributed by atoms with E-state index in [2.05, 4.69) is 10.6 Å². The number of nitrogens with one attached hydrogen (secondary N) is 2. The van der Waals surface area contributed by atoms with Gasteiger partial charge in [0.05, 0.1) is 12.2 Å². The molecule has 0 bridgehead atoms. The van der Waals surface area contributed by atoms with Crippen LogP contribution in [-0.4, -0.2) is 31.6 Å². The highest BCUT2D eigenvalue weighted by Gasteiger charge is 2.20. The van der Waals surface area contributed by atoms with Gasteiger partial charge in [-0.15, -0.1) is 0 Å². The summed E-state index contributed by atoms with van der Waals surface area (Å²) in [4.78, 5) is 23.5. The number of benzene rings is 1. The second-order valence-electron chi connectivity index (χ2n) is 5.34. The molecule has 0 radical (unpaired) electrons. The zero-order chi connectivity index (χ0) is 15.1. The fourth-order valence-electron chi connectivity index (χ4n) is 2.05. The van der Waals surface area contributed by atoms with Gasteiger partial charge < -0.3 is 15.4 Å². The highest BCUT2D eigenvalue weighted by molar-refractivity contribution is 5.93. The van der Waals surface area contributed by atoms with Crippen molar-refractivity contribution in [2.75, 3.05) is 25.0 Å². The van der Waals surface area contributed by atoms with Crippen molar-refractivity contribution in [2.45, 2.75) is 26.2 Å². The Morgan fingerprint density at radius 3 is 2.57 bits per heavy atom. The smallest absolute Gasteiger partial charge is 0.338 e. The molecular weight excluding hydrogens is 268 g/mol. The van der Waals surface area contributed by atoms with Gasteiger partial charge in [-0.3, -0.25) is 4.79 Å². The molecule has 5 nitrogen and oxygen atoms in total. The van der Waals surface area contributed by atoms with Crippen molar-refractivity contribution in [3.8, 4) is 0 Å². The van der Waals surface area contributed by atoms with Crippen LogP contribution in [-0.2, 0) is 9.53 Å². The van der Waals surface area contributed by atoms with E-state index in [1.807, 2.05) is 6.92 Å². The second kappa shape index (κ2) is 7.78. The summed E-state index contributed by atoms with van der Waals surface area (Å²) < 4.78 is 5.13. The van der Waals surface area contributed by atoms with Gasteiger partial charge in [0, 0.05) is 12.1 Å². The van der Waals surface area contributed by atoms with Gasteiger partial charge in [-0.2, -0.15) is 0 Å². The highest BCUT2D eigenvalue weighted by Crippen LogP contribution is 2.14. The third-order valence-corrected chi connectivity index (χ3v) is 3.48. The molecule has 2 N–H and O–H groups in total. The van der Waals surface area contributed by atoms with E-state index in [1.54, 1.807) is 24.3 Å². The summed E-state index contributed by atoms with van der Waals surface area (Å²) in [7, 11) is 0. The van der Waals surface area contributed by atoms with Crippen molar-refractivity contribution in [1.82, 2.24) is 5.32 Å². The zero-order valence-corrected chi connectivity index (χ0v) is 12.4. The van der Waals surface area contributed by atoms with Crippen LogP contribution < -0.4 is 10.6 Å². The van der Waals surface area contributed by atoms with E-state index in [9.17, 15) is 9.59 Å². The van der Waals surface area contributed by atoms with Crippen molar-refractivity contribution >= 4 is 17.6 Å². The van der Waals surface area contributed by atoms with Crippen LogP contribution in [0.3, 0.4) is 0 Å². The number of carbonyl (C=O) groups is 2. The molecule has 21 heavy (non-hydrogen) atoms. The zero-order valence-electron chi connectivity index (χ0n) is 12.4. The second-order valence-corrected chi connectivity index (χ2v) is 5.34. The third-order valence-electron chi connectivity index (χ3n) is 3.48. The van der Waals surface area contributed by atoms with E-state index in [0.29, 0.717) is 30.2 Å². The van der Waals surface area contributed by atoms with Crippen LogP contribution in [0.1, 0.15) is 36.5 Å². The molecule has 2 rings (SSSR count). The van der Waals surface area contributed by atoms with Crippen molar-refractivity contribution in [3.63, 3.8) is 0 Å². The first-order valence-corrected chi connectivity index (χ1v) is 7.46. The number of unbranched alkanes of at least 4 members (excludes halogenated alkanes) is 1. The summed E-state index contributed by atoms with van der Waals surface area (Å²) in [6.45, 7) is 4.32. The topological polar surface area (TPSA) is 67.4 Å². The quantitative estimate of drug-likeness (QED) is 0.596. The van der Waals surface area contributed by atoms with Gasteiger partial charge in [0.25, 0.3) is 0 Å². The van der Waals surface area contributed by atoms with Crippen molar-refractivity contribution in [3.05, 3.63) is 29.8 Å². The summed E-state index contributed by atoms with van der Waals surface area (Å²) >= 11 is 0. The molecule has 0 unspecified atom stereocenters. The summed E-state index contributed by atoms with van der Waals surface area (Å²) in [6.07, 6.45) is 2.40. The lowest BCUT2D eigenvalue weighted by atomic mass is 9.99. The number of esters is 1. The molecular formula is C16H22N2O3. The molecule has 1 aliphatic heterocycles. The minimum Gasteiger partial charge on any atom is -0.462 e. The standard InChI is InChI=1S/C16H22N2O3/c1-2-3-8-21-16(20)13-4-6-14(7-5-13)18-15(19)9-12-10-17-11-12/h4-7,12,17H,2-3,8-11H2,1H3,(H,18,19). The molecule has 0 saturated carbocycles. The van der Waals surface area contributed by atoms with Crippen molar-refractivity contribution < 1.29 is 14.3 Å². The molecule has 0 atom stereocenters. The SMILES string of the molecule is CCCCOC(=O)c1ccc(NC(=O)CC2CNC2)cc1. The Balaban J connectivity index is 1.80. The van der Waals surface area contributed by atoms with E-state index in [0.717, 1.165) is 25.9 Å². The Morgan fingerprint density at radius 1 is 1.29 bits per heavy atom. The summed E-state index contributed by atoms with van der Waals surface area (Å²) in [5.74, 6) is 0.138. The van der Waals surface area contributed by atoms with Gasteiger partial charge in [-0.05, 0) is 49.7 Å². The molecule has 1 aromatic carbocycles. The molecule has 1 heterocycles. The summed E-state index contributed by atoms with van der Waals surface area (Å²) in [5.41, 5.74) is 1.21. The molecule has 5 heteroatoms. The summed E-state index contributed by atoms with van der Waals surface area (Å²) in [5, 5.41) is 5.98. The Bertz CT molecular complexity index is 481. The Labute approximate surface area is 125 Å². The fraction of sp³-hybridized carbons (Fsp3) is 0.500. The number of hydrogen-bond donors (Lipinski definition) is 2. The molecule has 1 aliphatic rings. The predicted molar refractivity (Wildman–Crippen MR) is 81.2 cm³/mol. The Hall–Kier alpha value is -1.88. The molecule has 1 saturated heterocycles. The van der Waals surface area contributed by atoms with E-state index in [4.69, 9.17) is 4.74 Å². The number of anilines is 1. The first-order chi connectivity index (χ1) is 10.2. The van der Waals surface area contributed by atoms with E-state index in [-0.39, 0.29) is 11.9 Å². The average Bonchev–Trinajstić information content (AvgIpc) is 2.44. The number of amides is 1. The van der Waals surface area contributed by atoms with E-state index in [1.165, 1.54) is 0 Å². The van der Waals surface area contributed by atoms with Crippen LogP contribution >= 0.6 is 0 Å². The van der Waals surface area contributed by atoms with Crippen molar-refractivity contribution in [1.29, 1.82) is 0 Å². The maximum absolute atomic E-state index is 11.8. The fourth-order valence-corrected chi connectivity index (χ4v) is 2.05. The third kappa shape index (κ3) is 4.86. The number of carbonyl (C=O) groups excluding carboxylic acids is 2. The Morgan fingerprint density at radius 2 is 2.00 bits per heavy atom. The minimum atomic E-state index is -0.318. The van der Waals surface area contributed by atoms with Crippen LogP contribution in [0.25, 0.3) is 0 Å². The molecule has 0 aromatic heterocycles. The first kappa shape index (κ1) is 15.5. The lowest BCUT2D eigenvalue weighted by molar-refractivity contribution is -0.117. The Kier molecular flexibility index (Phi) is 5.75. The highest BCUT2D eigenvalue weighted by atomic mass is 16.5. The maximum atomic E-state index is 11.8. The molecule has 1 fully saturated rings.